The first-order valence-corrected chi connectivity index (χ1v) is 4.04. The lowest BCUT2D eigenvalue weighted by Crippen LogP contribution is -2.20. The average molecular weight is 148 g/mol. The number of allylic oxidation sites excluding steroid dienone is 3. The van der Waals surface area contributed by atoms with Crippen LogP contribution in [-0.4, -0.2) is 5.78 Å². The zero-order chi connectivity index (χ0) is 8.06. The van der Waals surface area contributed by atoms with Crippen molar-refractivity contribution in [3.63, 3.8) is 0 Å². The largest absolute Gasteiger partial charge is 0.294 e. The van der Waals surface area contributed by atoms with Gasteiger partial charge in [-0.05, 0) is 24.3 Å². The van der Waals surface area contributed by atoms with Gasteiger partial charge in [-0.15, -0.1) is 0 Å². The number of fused-ring (bicyclic) bond motifs is 1. The van der Waals surface area contributed by atoms with Crippen molar-refractivity contribution >= 4 is 5.78 Å². The van der Waals surface area contributed by atoms with E-state index in [4.69, 9.17) is 0 Å². The molecule has 11 heavy (non-hydrogen) atoms. The first kappa shape index (κ1) is 6.84. The van der Waals surface area contributed by atoms with Gasteiger partial charge in [-0.2, -0.15) is 0 Å². The summed E-state index contributed by atoms with van der Waals surface area (Å²) < 4.78 is 0. The molecule has 0 bridgehead atoms. The van der Waals surface area contributed by atoms with Crippen molar-refractivity contribution in [1.82, 2.24) is 0 Å². The number of hydrogen-bond acceptors (Lipinski definition) is 1. The molecule has 2 aliphatic carbocycles. The summed E-state index contributed by atoms with van der Waals surface area (Å²) in [7, 11) is 0. The van der Waals surface area contributed by atoms with Crippen molar-refractivity contribution in [2.24, 2.45) is 11.3 Å². The highest BCUT2D eigenvalue weighted by Gasteiger charge is 2.45. The van der Waals surface area contributed by atoms with Crippen LogP contribution in [0.5, 0.6) is 0 Å². The maximum absolute atomic E-state index is 11.3. The Balaban J connectivity index is 2.44. The summed E-state index contributed by atoms with van der Waals surface area (Å²) in [5, 5.41) is 0. The monoisotopic (exact) mass is 148 g/mol. The summed E-state index contributed by atoms with van der Waals surface area (Å²) in [6.07, 6.45) is 5.89. The zero-order valence-electron chi connectivity index (χ0n) is 6.76. The van der Waals surface area contributed by atoms with Crippen LogP contribution in [0.2, 0.25) is 0 Å². The zero-order valence-corrected chi connectivity index (χ0v) is 6.76. The number of hydrogen-bond donors (Lipinski definition) is 0. The molecular formula is C10H12O. The lowest BCUT2D eigenvalue weighted by atomic mass is 9.82. The van der Waals surface area contributed by atoms with Gasteiger partial charge in [-0.25, -0.2) is 0 Å². The fourth-order valence-electron chi connectivity index (χ4n) is 2.26. The van der Waals surface area contributed by atoms with Crippen LogP contribution >= 0.6 is 0 Å². The van der Waals surface area contributed by atoms with E-state index in [1.54, 1.807) is 6.08 Å². The minimum absolute atomic E-state index is 0.113. The van der Waals surface area contributed by atoms with Crippen LogP contribution in [0.1, 0.15) is 19.8 Å². The molecule has 0 heterocycles. The van der Waals surface area contributed by atoms with Crippen molar-refractivity contribution in [3.05, 3.63) is 24.3 Å². The fraction of sp³-hybridized carbons (Fsp3) is 0.500. The van der Waals surface area contributed by atoms with Gasteiger partial charge >= 0.3 is 0 Å². The molecule has 2 atom stereocenters. The number of carbonyl (C=O) groups excluding carboxylic acids is 1. The first-order chi connectivity index (χ1) is 5.13. The maximum Gasteiger partial charge on any atom is 0.163 e. The molecule has 0 aromatic rings. The van der Waals surface area contributed by atoms with Crippen molar-refractivity contribution in [2.75, 3.05) is 0 Å². The normalized spacial score (nSPS) is 41.7. The van der Waals surface area contributed by atoms with Crippen LogP contribution < -0.4 is 0 Å². The third-order valence-corrected chi connectivity index (χ3v) is 2.97. The van der Waals surface area contributed by atoms with E-state index in [0.717, 1.165) is 18.4 Å². The Morgan fingerprint density at radius 2 is 2.45 bits per heavy atom. The Labute approximate surface area is 66.8 Å². The summed E-state index contributed by atoms with van der Waals surface area (Å²) in [6.45, 7) is 6.08. The predicted molar refractivity (Wildman–Crippen MR) is 44.1 cm³/mol. The van der Waals surface area contributed by atoms with Gasteiger partial charge in [0.15, 0.2) is 5.78 Å². The maximum atomic E-state index is 11.3. The van der Waals surface area contributed by atoms with E-state index in [-0.39, 0.29) is 17.1 Å². The van der Waals surface area contributed by atoms with E-state index < -0.39 is 0 Å². The molecule has 0 aromatic heterocycles. The molecule has 0 amide bonds. The van der Waals surface area contributed by atoms with E-state index >= 15 is 0 Å². The Morgan fingerprint density at radius 3 is 3.09 bits per heavy atom. The number of rotatable bonds is 0. The second-order valence-corrected chi connectivity index (χ2v) is 3.83. The lowest BCUT2D eigenvalue weighted by Gasteiger charge is -2.20. The molecule has 2 rings (SSSR count). The van der Waals surface area contributed by atoms with Gasteiger partial charge in [0.05, 0.1) is 5.92 Å². The summed E-state index contributed by atoms with van der Waals surface area (Å²) in [5.74, 6) is 0.373. The smallest absolute Gasteiger partial charge is 0.163 e. The first-order valence-electron chi connectivity index (χ1n) is 4.04. The van der Waals surface area contributed by atoms with Crippen molar-refractivity contribution < 1.29 is 4.79 Å². The van der Waals surface area contributed by atoms with Crippen LogP contribution in [0.25, 0.3) is 0 Å². The van der Waals surface area contributed by atoms with Gasteiger partial charge < -0.3 is 0 Å². The highest BCUT2D eigenvalue weighted by Crippen LogP contribution is 2.50. The van der Waals surface area contributed by atoms with Gasteiger partial charge in [-0.3, -0.25) is 4.79 Å². The van der Waals surface area contributed by atoms with Crippen LogP contribution in [0, 0.1) is 11.3 Å². The third kappa shape index (κ3) is 0.740. The van der Waals surface area contributed by atoms with E-state index in [1.165, 1.54) is 0 Å². The Hall–Kier alpha value is -0.850. The molecule has 0 aliphatic heterocycles. The number of carbonyl (C=O) groups is 1. The van der Waals surface area contributed by atoms with E-state index in [1.807, 2.05) is 0 Å². The van der Waals surface area contributed by atoms with E-state index in [2.05, 4.69) is 19.6 Å². The quantitative estimate of drug-likeness (QED) is 0.481. The molecule has 2 unspecified atom stereocenters. The van der Waals surface area contributed by atoms with Crippen molar-refractivity contribution in [2.45, 2.75) is 19.8 Å². The SMILES string of the molecule is C=C1CCC2(C)C=CC(=O)C12. The summed E-state index contributed by atoms with van der Waals surface area (Å²) in [5.41, 5.74) is 1.25. The second-order valence-electron chi connectivity index (χ2n) is 3.83. The van der Waals surface area contributed by atoms with Crippen LogP contribution in [0.3, 0.4) is 0 Å². The molecule has 0 saturated heterocycles. The van der Waals surface area contributed by atoms with E-state index in [9.17, 15) is 4.79 Å². The molecule has 1 saturated carbocycles. The molecule has 0 aromatic carbocycles. The van der Waals surface area contributed by atoms with Crippen LogP contribution in [0.15, 0.2) is 24.3 Å². The Bertz CT molecular complexity index is 262. The average Bonchev–Trinajstić information content (AvgIpc) is 2.38. The number of ketones is 1. The molecular weight excluding hydrogens is 136 g/mol. The van der Waals surface area contributed by atoms with Gasteiger partial charge in [0.2, 0.25) is 0 Å². The van der Waals surface area contributed by atoms with Crippen molar-refractivity contribution in [1.29, 1.82) is 0 Å². The van der Waals surface area contributed by atoms with Crippen LogP contribution in [0.4, 0.5) is 0 Å². The standard InChI is InChI=1S/C10H12O/c1-7-3-5-10(2)6-4-8(11)9(7)10/h4,6,9H,1,3,5H2,2H3. The lowest BCUT2D eigenvalue weighted by molar-refractivity contribution is -0.117. The topological polar surface area (TPSA) is 17.1 Å². The van der Waals surface area contributed by atoms with Gasteiger partial charge in [0, 0.05) is 0 Å². The molecule has 1 fully saturated rings. The fourth-order valence-corrected chi connectivity index (χ4v) is 2.26. The van der Waals surface area contributed by atoms with Crippen LogP contribution in [-0.2, 0) is 4.79 Å². The minimum atomic E-state index is 0.113. The minimum Gasteiger partial charge on any atom is -0.294 e. The summed E-state index contributed by atoms with van der Waals surface area (Å²) >= 11 is 0. The highest BCUT2D eigenvalue weighted by molar-refractivity contribution is 5.97. The molecule has 1 heteroatoms. The van der Waals surface area contributed by atoms with Crippen molar-refractivity contribution in [3.8, 4) is 0 Å². The van der Waals surface area contributed by atoms with Gasteiger partial charge in [0.1, 0.15) is 0 Å². The highest BCUT2D eigenvalue weighted by atomic mass is 16.1. The molecule has 1 nitrogen and oxygen atoms in total. The Morgan fingerprint density at radius 1 is 1.73 bits per heavy atom. The second kappa shape index (κ2) is 1.84. The Kier molecular flexibility index (Phi) is 1.15. The molecule has 0 N–H and O–H groups in total. The molecule has 58 valence electrons. The molecule has 0 radical (unpaired) electrons. The third-order valence-electron chi connectivity index (χ3n) is 2.97. The van der Waals surface area contributed by atoms with Gasteiger partial charge in [0.25, 0.3) is 0 Å². The molecule has 0 spiro atoms. The summed E-state index contributed by atoms with van der Waals surface area (Å²) in [6, 6.07) is 0. The molecule has 2 aliphatic rings. The summed E-state index contributed by atoms with van der Waals surface area (Å²) in [4.78, 5) is 11.3. The van der Waals surface area contributed by atoms with E-state index in [0.29, 0.717) is 0 Å². The van der Waals surface area contributed by atoms with Gasteiger partial charge in [-0.1, -0.05) is 25.2 Å². The predicted octanol–water partition coefficient (Wildman–Crippen LogP) is 2.10.